The van der Waals surface area contributed by atoms with E-state index in [0.717, 1.165) is 55.1 Å². The lowest BCUT2D eigenvalue weighted by Gasteiger charge is -2.28. The van der Waals surface area contributed by atoms with Gasteiger partial charge in [-0.1, -0.05) is 12.1 Å². The number of H-pyrrole nitrogens is 1. The lowest BCUT2D eigenvalue weighted by atomic mass is 10.1. The monoisotopic (exact) mass is 402 g/mol. The molecule has 0 saturated carbocycles. The number of ether oxygens (including phenoxy) is 2. The smallest absolute Gasteiger partial charge is 0.242 e. The molecule has 1 aliphatic rings. The predicted molar refractivity (Wildman–Crippen MR) is 114 cm³/mol. The van der Waals surface area contributed by atoms with Gasteiger partial charge in [0.1, 0.15) is 0 Å². The third-order valence-electron chi connectivity index (χ3n) is 5.15. The average molecular weight is 402 g/mol. The van der Waals surface area contributed by atoms with Gasteiger partial charge in [-0.15, -0.1) is 0 Å². The van der Waals surface area contributed by atoms with Crippen LogP contribution in [0.2, 0.25) is 0 Å². The number of aromatic amines is 1. The van der Waals surface area contributed by atoms with Crippen molar-refractivity contribution >= 4 is 16.7 Å². The van der Waals surface area contributed by atoms with Gasteiger partial charge < -0.3 is 14.4 Å². The summed E-state index contributed by atoms with van der Waals surface area (Å²) in [6.07, 6.45) is 7.73. The number of nitrogens with one attached hydrogen (secondary N) is 1. The minimum atomic E-state index is 0.484. The van der Waals surface area contributed by atoms with E-state index in [1.54, 1.807) is 18.6 Å². The number of rotatable bonds is 6. The van der Waals surface area contributed by atoms with Crippen molar-refractivity contribution in [2.24, 2.45) is 0 Å². The second-order valence-corrected chi connectivity index (χ2v) is 7.09. The fourth-order valence-corrected chi connectivity index (χ4v) is 3.54. The van der Waals surface area contributed by atoms with E-state index in [9.17, 15) is 0 Å². The number of benzene rings is 1. The van der Waals surface area contributed by atoms with Crippen molar-refractivity contribution in [3.05, 3.63) is 60.7 Å². The van der Waals surface area contributed by atoms with Crippen molar-refractivity contribution in [1.29, 1.82) is 0 Å². The molecule has 0 unspecified atom stereocenters. The molecule has 0 spiro atoms. The first kappa shape index (κ1) is 18.5. The summed E-state index contributed by atoms with van der Waals surface area (Å²) in [6, 6.07) is 10.4. The number of hydrogen-bond acceptors (Lipinski definition) is 7. The van der Waals surface area contributed by atoms with E-state index in [-0.39, 0.29) is 0 Å². The third kappa shape index (κ3) is 3.95. The van der Waals surface area contributed by atoms with E-state index in [1.807, 2.05) is 12.3 Å². The zero-order valence-corrected chi connectivity index (χ0v) is 16.5. The Kier molecular flexibility index (Phi) is 5.22. The summed E-state index contributed by atoms with van der Waals surface area (Å²) in [5, 5.41) is 6.78. The van der Waals surface area contributed by atoms with Crippen LogP contribution in [0.5, 0.6) is 5.88 Å². The molecule has 30 heavy (non-hydrogen) atoms. The molecule has 4 heterocycles. The SMILES string of the molecule is c1cnc2c(OCCc3cn[nH]c3)nc(-c3ccc(N4CCOCC4)cc3)cc2n1. The van der Waals surface area contributed by atoms with Crippen LogP contribution in [0.3, 0.4) is 0 Å². The highest BCUT2D eigenvalue weighted by Gasteiger charge is 2.14. The standard InChI is InChI=1S/C22H22N6O2/c1-3-18(28-8-11-29-12-9-28)4-2-17(1)19-13-20-21(24-7-6-23-20)22(27-19)30-10-5-16-14-25-26-15-16/h1-4,6-7,13-15H,5,8-12H2,(H,25,26). The van der Waals surface area contributed by atoms with Gasteiger partial charge in [0.15, 0.2) is 5.52 Å². The molecular formula is C22H22N6O2. The van der Waals surface area contributed by atoms with Crippen molar-refractivity contribution in [2.75, 3.05) is 37.8 Å². The van der Waals surface area contributed by atoms with Crippen LogP contribution in [0.15, 0.2) is 55.1 Å². The molecule has 1 N–H and O–H groups in total. The van der Waals surface area contributed by atoms with Crippen LogP contribution >= 0.6 is 0 Å². The van der Waals surface area contributed by atoms with Crippen LogP contribution in [0.1, 0.15) is 5.56 Å². The molecular weight excluding hydrogens is 380 g/mol. The zero-order chi connectivity index (χ0) is 20.2. The normalized spacial score (nSPS) is 14.2. The molecule has 0 aliphatic carbocycles. The number of hydrogen-bond donors (Lipinski definition) is 1. The summed E-state index contributed by atoms with van der Waals surface area (Å²) in [6.45, 7) is 3.85. The maximum Gasteiger partial charge on any atom is 0.242 e. The molecule has 0 bridgehead atoms. The quantitative estimate of drug-likeness (QED) is 0.530. The number of morpholine rings is 1. The molecule has 5 rings (SSSR count). The molecule has 8 heteroatoms. The zero-order valence-electron chi connectivity index (χ0n) is 16.5. The Balaban J connectivity index is 1.41. The molecule has 0 atom stereocenters. The lowest BCUT2D eigenvalue weighted by Crippen LogP contribution is -2.36. The van der Waals surface area contributed by atoms with Gasteiger partial charge in [-0.2, -0.15) is 5.10 Å². The van der Waals surface area contributed by atoms with Gasteiger partial charge in [-0.25, -0.2) is 9.97 Å². The number of fused-ring (bicyclic) bond motifs is 1. The predicted octanol–water partition coefficient (Wildman–Crippen LogP) is 2.87. The fraction of sp³-hybridized carbons (Fsp3) is 0.273. The molecule has 4 aromatic rings. The number of aromatic nitrogens is 5. The first-order valence-electron chi connectivity index (χ1n) is 10.0. The van der Waals surface area contributed by atoms with Crippen molar-refractivity contribution in [3.63, 3.8) is 0 Å². The average Bonchev–Trinajstić information content (AvgIpc) is 3.33. The Hall–Kier alpha value is -3.52. The van der Waals surface area contributed by atoms with Gasteiger partial charge in [-0.05, 0) is 23.8 Å². The summed E-state index contributed by atoms with van der Waals surface area (Å²) in [5.41, 5.74) is 5.53. The molecule has 0 amide bonds. The highest BCUT2D eigenvalue weighted by Crippen LogP contribution is 2.28. The van der Waals surface area contributed by atoms with Gasteiger partial charge in [-0.3, -0.25) is 10.1 Å². The Labute approximate surface area is 173 Å². The van der Waals surface area contributed by atoms with Crippen molar-refractivity contribution < 1.29 is 9.47 Å². The van der Waals surface area contributed by atoms with Crippen LogP contribution in [0, 0.1) is 0 Å². The molecule has 1 saturated heterocycles. The summed E-state index contributed by atoms with van der Waals surface area (Å²) in [4.78, 5) is 16.0. The Morgan fingerprint density at radius 3 is 2.70 bits per heavy atom. The first-order chi connectivity index (χ1) is 14.9. The van der Waals surface area contributed by atoms with Crippen LogP contribution in [-0.2, 0) is 11.2 Å². The van der Waals surface area contributed by atoms with Gasteiger partial charge >= 0.3 is 0 Å². The van der Waals surface area contributed by atoms with Crippen molar-refractivity contribution in [2.45, 2.75) is 6.42 Å². The van der Waals surface area contributed by atoms with E-state index in [4.69, 9.17) is 14.5 Å². The molecule has 8 nitrogen and oxygen atoms in total. The highest BCUT2D eigenvalue weighted by atomic mass is 16.5. The fourth-order valence-electron chi connectivity index (χ4n) is 3.54. The Bertz CT molecular complexity index is 1110. The molecule has 152 valence electrons. The molecule has 3 aromatic heterocycles. The summed E-state index contributed by atoms with van der Waals surface area (Å²) >= 11 is 0. The number of anilines is 1. The second-order valence-electron chi connectivity index (χ2n) is 7.09. The van der Waals surface area contributed by atoms with E-state index in [0.29, 0.717) is 18.0 Å². The summed E-state index contributed by atoms with van der Waals surface area (Å²) in [5.74, 6) is 0.497. The lowest BCUT2D eigenvalue weighted by molar-refractivity contribution is 0.122. The van der Waals surface area contributed by atoms with Gasteiger partial charge in [0.05, 0.1) is 37.2 Å². The van der Waals surface area contributed by atoms with E-state index >= 15 is 0 Å². The Morgan fingerprint density at radius 2 is 1.90 bits per heavy atom. The van der Waals surface area contributed by atoms with E-state index in [1.165, 1.54) is 5.69 Å². The minimum Gasteiger partial charge on any atom is -0.476 e. The summed E-state index contributed by atoms with van der Waals surface area (Å²) in [7, 11) is 0. The van der Waals surface area contributed by atoms with Crippen LogP contribution in [0.4, 0.5) is 5.69 Å². The Morgan fingerprint density at radius 1 is 1.07 bits per heavy atom. The van der Waals surface area contributed by atoms with Crippen LogP contribution < -0.4 is 9.64 Å². The molecule has 1 fully saturated rings. The highest BCUT2D eigenvalue weighted by molar-refractivity contribution is 5.83. The maximum atomic E-state index is 6.00. The second kappa shape index (κ2) is 8.46. The van der Waals surface area contributed by atoms with Gasteiger partial charge in [0, 0.05) is 49.4 Å². The van der Waals surface area contributed by atoms with Crippen LogP contribution in [0.25, 0.3) is 22.3 Å². The molecule has 0 radical (unpaired) electrons. The van der Waals surface area contributed by atoms with Crippen molar-refractivity contribution in [3.8, 4) is 17.1 Å². The first-order valence-corrected chi connectivity index (χ1v) is 10.0. The summed E-state index contributed by atoms with van der Waals surface area (Å²) < 4.78 is 11.4. The van der Waals surface area contributed by atoms with E-state index < -0.39 is 0 Å². The maximum absolute atomic E-state index is 6.00. The van der Waals surface area contributed by atoms with Gasteiger partial charge in [0.25, 0.3) is 0 Å². The van der Waals surface area contributed by atoms with Gasteiger partial charge in [0.2, 0.25) is 5.88 Å². The number of nitrogens with zero attached hydrogens (tertiary/aromatic N) is 5. The molecule has 1 aromatic carbocycles. The minimum absolute atomic E-state index is 0.484. The largest absolute Gasteiger partial charge is 0.476 e. The van der Waals surface area contributed by atoms with Crippen LogP contribution in [-0.4, -0.2) is 58.1 Å². The van der Waals surface area contributed by atoms with Crippen molar-refractivity contribution in [1.82, 2.24) is 25.1 Å². The molecule has 1 aliphatic heterocycles. The number of pyridine rings is 1. The van der Waals surface area contributed by atoms with E-state index in [2.05, 4.69) is 49.3 Å². The topological polar surface area (TPSA) is 89.1 Å². The third-order valence-corrected chi connectivity index (χ3v) is 5.15.